The summed E-state index contributed by atoms with van der Waals surface area (Å²) in [6.45, 7) is 8.21. The van der Waals surface area contributed by atoms with Crippen LogP contribution in [0.15, 0.2) is 24.3 Å². The molecule has 1 aliphatic heterocycles. The van der Waals surface area contributed by atoms with Gasteiger partial charge < -0.3 is 14.5 Å². The molecular formula is C15H23N2O2+. The van der Waals surface area contributed by atoms with Gasteiger partial charge in [0.1, 0.15) is 5.75 Å². The molecule has 0 saturated carbocycles. The molecule has 1 N–H and O–H groups in total. The Bertz CT molecular complexity index is 438. The average Bonchev–Trinajstić information content (AvgIpc) is 2.46. The van der Waals surface area contributed by atoms with Crippen molar-refractivity contribution in [2.45, 2.75) is 19.9 Å². The second-order valence-corrected chi connectivity index (χ2v) is 5.34. The van der Waals surface area contributed by atoms with Crippen LogP contribution in [-0.4, -0.2) is 50.1 Å². The average molecular weight is 263 g/mol. The summed E-state index contributed by atoms with van der Waals surface area (Å²) >= 11 is 0. The number of rotatable bonds is 3. The van der Waals surface area contributed by atoms with Crippen LogP contribution in [0.2, 0.25) is 0 Å². The Hall–Kier alpha value is -1.55. The van der Waals surface area contributed by atoms with E-state index in [0.29, 0.717) is 11.6 Å². The quantitative estimate of drug-likeness (QED) is 0.859. The number of nitrogens with zero attached hydrogens (tertiary/aromatic N) is 1. The van der Waals surface area contributed by atoms with Gasteiger partial charge in [-0.3, -0.25) is 4.79 Å². The van der Waals surface area contributed by atoms with Crippen LogP contribution in [0.3, 0.4) is 0 Å². The van der Waals surface area contributed by atoms with Crippen LogP contribution >= 0.6 is 0 Å². The van der Waals surface area contributed by atoms with Crippen molar-refractivity contribution in [2.75, 3.05) is 33.3 Å². The van der Waals surface area contributed by atoms with Crippen molar-refractivity contribution in [1.82, 2.24) is 4.90 Å². The van der Waals surface area contributed by atoms with E-state index in [1.54, 1.807) is 12.0 Å². The lowest BCUT2D eigenvalue weighted by Crippen LogP contribution is -3.17. The summed E-state index contributed by atoms with van der Waals surface area (Å²) < 4.78 is 5.17. The molecular weight excluding hydrogens is 240 g/mol. The first-order chi connectivity index (χ1) is 9.11. The Kier molecular flexibility index (Phi) is 4.43. The third-order valence-corrected chi connectivity index (χ3v) is 3.83. The smallest absolute Gasteiger partial charge is 0.254 e. The molecule has 4 heteroatoms. The van der Waals surface area contributed by atoms with Crippen molar-refractivity contribution < 1.29 is 14.4 Å². The topological polar surface area (TPSA) is 34.0 Å². The first-order valence-corrected chi connectivity index (χ1v) is 6.89. The van der Waals surface area contributed by atoms with Crippen LogP contribution in [0.1, 0.15) is 24.2 Å². The fraction of sp³-hybridized carbons (Fsp3) is 0.533. The lowest BCUT2D eigenvalue weighted by Gasteiger charge is -2.34. The van der Waals surface area contributed by atoms with Gasteiger partial charge in [0.15, 0.2) is 0 Å². The van der Waals surface area contributed by atoms with Gasteiger partial charge in [0.05, 0.1) is 39.3 Å². The first kappa shape index (κ1) is 13.9. The number of benzene rings is 1. The minimum Gasteiger partial charge on any atom is -0.497 e. The van der Waals surface area contributed by atoms with Gasteiger partial charge in [-0.1, -0.05) is 6.07 Å². The fourth-order valence-electron chi connectivity index (χ4n) is 2.51. The predicted octanol–water partition coefficient (Wildman–Crippen LogP) is 0.444. The van der Waals surface area contributed by atoms with Crippen LogP contribution < -0.4 is 9.64 Å². The van der Waals surface area contributed by atoms with Crippen molar-refractivity contribution >= 4 is 5.91 Å². The highest BCUT2D eigenvalue weighted by Crippen LogP contribution is 2.14. The number of amides is 1. The van der Waals surface area contributed by atoms with Crippen molar-refractivity contribution in [3.63, 3.8) is 0 Å². The first-order valence-electron chi connectivity index (χ1n) is 6.89. The summed E-state index contributed by atoms with van der Waals surface area (Å²) in [7, 11) is 1.62. The predicted molar refractivity (Wildman–Crippen MR) is 74.7 cm³/mol. The third-order valence-electron chi connectivity index (χ3n) is 3.83. The standard InChI is InChI=1S/C15H22N2O2/c1-12(2)16-7-9-17(10-8-16)15(18)13-5-4-6-14(11-13)19-3/h4-6,11-12H,7-10H2,1-3H3/p+1. The molecule has 1 aliphatic rings. The van der Waals surface area contributed by atoms with Gasteiger partial charge in [0.2, 0.25) is 0 Å². The van der Waals surface area contributed by atoms with Gasteiger partial charge >= 0.3 is 0 Å². The number of methoxy groups -OCH3 is 1. The van der Waals surface area contributed by atoms with E-state index >= 15 is 0 Å². The Morgan fingerprint density at radius 3 is 2.58 bits per heavy atom. The van der Waals surface area contributed by atoms with Crippen LogP contribution in [-0.2, 0) is 0 Å². The highest BCUT2D eigenvalue weighted by Gasteiger charge is 2.25. The number of hydrogen-bond acceptors (Lipinski definition) is 2. The SMILES string of the molecule is COc1cccc(C(=O)N2CC[NH+](C(C)C)CC2)c1. The molecule has 2 rings (SSSR count). The Labute approximate surface area is 115 Å². The van der Waals surface area contributed by atoms with E-state index in [-0.39, 0.29) is 5.91 Å². The second kappa shape index (κ2) is 6.06. The number of hydrogen-bond donors (Lipinski definition) is 1. The van der Waals surface area contributed by atoms with Crippen LogP contribution in [0.4, 0.5) is 0 Å². The maximum Gasteiger partial charge on any atom is 0.254 e. The van der Waals surface area contributed by atoms with Gasteiger partial charge in [-0.15, -0.1) is 0 Å². The van der Waals surface area contributed by atoms with Gasteiger partial charge in [-0.2, -0.15) is 0 Å². The zero-order valence-corrected chi connectivity index (χ0v) is 12.0. The van der Waals surface area contributed by atoms with Gasteiger partial charge in [0.25, 0.3) is 5.91 Å². The molecule has 1 saturated heterocycles. The number of nitrogens with one attached hydrogen (secondary N) is 1. The second-order valence-electron chi connectivity index (χ2n) is 5.34. The number of carbonyl (C=O) groups is 1. The Morgan fingerprint density at radius 2 is 2.00 bits per heavy atom. The van der Waals surface area contributed by atoms with E-state index in [2.05, 4.69) is 13.8 Å². The van der Waals surface area contributed by atoms with Crippen molar-refractivity contribution in [1.29, 1.82) is 0 Å². The third kappa shape index (κ3) is 3.26. The maximum atomic E-state index is 12.4. The molecule has 0 unspecified atom stereocenters. The molecule has 0 radical (unpaired) electrons. The highest BCUT2D eigenvalue weighted by atomic mass is 16.5. The van der Waals surface area contributed by atoms with Crippen LogP contribution in [0.5, 0.6) is 5.75 Å². The van der Waals surface area contributed by atoms with Gasteiger partial charge in [0, 0.05) is 5.56 Å². The summed E-state index contributed by atoms with van der Waals surface area (Å²) in [6.07, 6.45) is 0. The number of carbonyl (C=O) groups excluding carboxylic acids is 1. The molecule has 1 aromatic rings. The molecule has 0 aromatic heterocycles. The van der Waals surface area contributed by atoms with Crippen LogP contribution in [0, 0.1) is 0 Å². The van der Waals surface area contributed by atoms with E-state index < -0.39 is 0 Å². The zero-order valence-electron chi connectivity index (χ0n) is 12.0. The summed E-state index contributed by atoms with van der Waals surface area (Å²) in [6, 6.07) is 8.02. The molecule has 0 bridgehead atoms. The summed E-state index contributed by atoms with van der Waals surface area (Å²) in [5, 5.41) is 0. The van der Waals surface area contributed by atoms with E-state index in [0.717, 1.165) is 31.9 Å². The Balaban J connectivity index is 2.01. The molecule has 0 atom stereocenters. The minimum atomic E-state index is 0.113. The van der Waals surface area contributed by atoms with E-state index in [4.69, 9.17) is 4.74 Å². The molecule has 19 heavy (non-hydrogen) atoms. The summed E-state index contributed by atoms with van der Waals surface area (Å²) in [4.78, 5) is 15.9. The lowest BCUT2D eigenvalue weighted by molar-refractivity contribution is -0.925. The molecule has 1 heterocycles. The Morgan fingerprint density at radius 1 is 1.32 bits per heavy atom. The highest BCUT2D eigenvalue weighted by molar-refractivity contribution is 5.94. The fourth-order valence-corrected chi connectivity index (χ4v) is 2.51. The van der Waals surface area contributed by atoms with Crippen molar-refractivity contribution in [3.05, 3.63) is 29.8 Å². The van der Waals surface area contributed by atoms with Crippen molar-refractivity contribution in [2.24, 2.45) is 0 Å². The van der Waals surface area contributed by atoms with Crippen LogP contribution in [0.25, 0.3) is 0 Å². The molecule has 0 spiro atoms. The monoisotopic (exact) mass is 263 g/mol. The molecule has 1 fully saturated rings. The van der Waals surface area contributed by atoms with E-state index in [1.165, 1.54) is 0 Å². The van der Waals surface area contributed by atoms with E-state index in [9.17, 15) is 4.79 Å². The largest absolute Gasteiger partial charge is 0.497 e. The maximum absolute atomic E-state index is 12.4. The van der Waals surface area contributed by atoms with Gasteiger partial charge in [-0.25, -0.2) is 0 Å². The van der Waals surface area contributed by atoms with Crippen molar-refractivity contribution in [3.8, 4) is 5.75 Å². The molecule has 104 valence electrons. The molecule has 1 aromatic carbocycles. The molecule has 0 aliphatic carbocycles. The zero-order chi connectivity index (χ0) is 13.8. The number of piperazine rings is 1. The molecule has 4 nitrogen and oxygen atoms in total. The number of quaternary nitrogens is 1. The van der Waals surface area contributed by atoms with E-state index in [1.807, 2.05) is 29.2 Å². The number of ether oxygens (including phenoxy) is 1. The lowest BCUT2D eigenvalue weighted by atomic mass is 10.1. The molecule has 1 amide bonds. The van der Waals surface area contributed by atoms with Gasteiger partial charge in [-0.05, 0) is 32.0 Å². The minimum absolute atomic E-state index is 0.113. The normalized spacial score (nSPS) is 16.7. The summed E-state index contributed by atoms with van der Waals surface area (Å²) in [5.74, 6) is 0.846. The summed E-state index contributed by atoms with van der Waals surface area (Å²) in [5.41, 5.74) is 0.715.